The monoisotopic (exact) mass is 473 g/mol. The average Bonchev–Trinajstić information content (AvgIpc) is 2.76. The van der Waals surface area contributed by atoms with Gasteiger partial charge >= 0.3 is 0 Å². The van der Waals surface area contributed by atoms with E-state index < -0.39 is 0 Å². The fraction of sp³-hybridized carbons (Fsp3) is 0.583. The highest BCUT2D eigenvalue weighted by Gasteiger charge is 2.28. The van der Waals surface area contributed by atoms with E-state index in [1.54, 1.807) is 17.0 Å². The van der Waals surface area contributed by atoms with Gasteiger partial charge in [-0.25, -0.2) is 0 Å². The first-order valence-corrected chi connectivity index (χ1v) is 11.9. The van der Waals surface area contributed by atoms with Crippen LogP contribution in [0.15, 0.2) is 29.1 Å². The molecular weight excluding hydrogens is 438 g/mol. The average molecular weight is 474 g/mol. The molecule has 1 saturated heterocycles. The van der Waals surface area contributed by atoms with E-state index in [1.807, 2.05) is 26.2 Å². The predicted molar refractivity (Wildman–Crippen MR) is 133 cm³/mol. The molecule has 180 valence electrons. The molecule has 0 unspecified atom stereocenters. The number of likely N-dealkylation sites (tertiary alicyclic amines) is 1. The number of nitrogens with one attached hydrogen (secondary N) is 2. The summed E-state index contributed by atoms with van der Waals surface area (Å²) in [4.78, 5) is 45.1. The molecule has 0 bridgehead atoms. The molecule has 9 heteroatoms. The van der Waals surface area contributed by atoms with Crippen LogP contribution >= 0.6 is 12.2 Å². The first kappa shape index (κ1) is 25.1. The summed E-state index contributed by atoms with van der Waals surface area (Å²) in [6, 6.07) is 7.21. The van der Waals surface area contributed by atoms with Crippen molar-refractivity contribution in [3.8, 4) is 0 Å². The van der Waals surface area contributed by atoms with Gasteiger partial charge in [0.15, 0.2) is 4.77 Å². The standard InChI is InChI=1S/C24H35N5O3S/c1-24(2,16-27(3)4)15-25-21(31)17-9-12-28(13-10-17)20(30)11-14-29-22(32)18-7-5-6-8-19(18)26-23(29)33/h5-8,17H,9-16H2,1-4H3,(H,25,31)(H,26,33). The van der Waals surface area contributed by atoms with Gasteiger partial charge in [0.1, 0.15) is 0 Å². The van der Waals surface area contributed by atoms with Crippen molar-refractivity contribution in [2.24, 2.45) is 11.3 Å². The van der Waals surface area contributed by atoms with Crippen LogP contribution in [0.1, 0.15) is 33.1 Å². The van der Waals surface area contributed by atoms with E-state index in [2.05, 4.69) is 29.0 Å². The lowest BCUT2D eigenvalue weighted by molar-refractivity contribution is -0.136. The van der Waals surface area contributed by atoms with Crippen LogP contribution in [0, 0.1) is 16.1 Å². The van der Waals surface area contributed by atoms with Crippen molar-refractivity contribution in [3.63, 3.8) is 0 Å². The molecule has 2 amide bonds. The van der Waals surface area contributed by atoms with Crippen LogP contribution in [0.5, 0.6) is 0 Å². The summed E-state index contributed by atoms with van der Waals surface area (Å²) in [5, 5.41) is 3.65. The van der Waals surface area contributed by atoms with E-state index in [4.69, 9.17) is 12.2 Å². The largest absolute Gasteiger partial charge is 0.355 e. The van der Waals surface area contributed by atoms with E-state index in [0.29, 0.717) is 48.1 Å². The number of amides is 2. The number of rotatable bonds is 8. The fourth-order valence-corrected chi connectivity index (χ4v) is 4.83. The highest BCUT2D eigenvalue weighted by atomic mass is 32.1. The zero-order valence-corrected chi connectivity index (χ0v) is 20.8. The van der Waals surface area contributed by atoms with Crippen LogP contribution in [0.25, 0.3) is 10.9 Å². The number of carbonyl (C=O) groups excluding carboxylic acids is 2. The number of hydrogen-bond donors (Lipinski definition) is 2. The van der Waals surface area contributed by atoms with Gasteiger partial charge in [-0.05, 0) is 56.7 Å². The Balaban J connectivity index is 1.50. The van der Waals surface area contributed by atoms with E-state index >= 15 is 0 Å². The predicted octanol–water partition coefficient (Wildman–Crippen LogP) is 2.39. The van der Waals surface area contributed by atoms with E-state index in [9.17, 15) is 14.4 Å². The lowest BCUT2D eigenvalue weighted by Crippen LogP contribution is -2.46. The maximum atomic E-state index is 12.8. The molecule has 1 aliphatic heterocycles. The smallest absolute Gasteiger partial charge is 0.262 e. The van der Waals surface area contributed by atoms with Crippen molar-refractivity contribution in [1.29, 1.82) is 0 Å². The van der Waals surface area contributed by atoms with Crippen LogP contribution in [0.4, 0.5) is 0 Å². The van der Waals surface area contributed by atoms with E-state index in [0.717, 1.165) is 6.54 Å². The van der Waals surface area contributed by atoms with Gasteiger partial charge in [0.05, 0.1) is 10.9 Å². The van der Waals surface area contributed by atoms with Crippen LogP contribution < -0.4 is 10.9 Å². The molecule has 1 aliphatic rings. The molecular formula is C24H35N5O3S. The first-order valence-electron chi connectivity index (χ1n) is 11.5. The molecule has 0 aliphatic carbocycles. The summed E-state index contributed by atoms with van der Waals surface area (Å²) in [6.07, 6.45) is 1.51. The Hall–Kier alpha value is -2.52. The zero-order valence-electron chi connectivity index (χ0n) is 20.0. The minimum Gasteiger partial charge on any atom is -0.355 e. The molecule has 8 nitrogen and oxygen atoms in total. The molecule has 0 spiro atoms. The van der Waals surface area contributed by atoms with Gasteiger partial charge in [-0.1, -0.05) is 26.0 Å². The van der Waals surface area contributed by atoms with Crippen LogP contribution in [0.3, 0.4) is 0 Å². The molecule has 1 fully saturated rings. The number of nitrogens with zero attached hydrogens (tertiary/aromatic N) is 3. The fourth-order valence-electron chi connectivity index (χ4n) is 4.54. The van der Waals surface area contributed by atoms with Gasteiger partial charge in [-0.3, -0.25) is 19.0 Å². The second-order valence-electron chi connectivity index (χ2n) is 9.96. The first-order chi connectivity index (χ1) is 15.6. The zero-order chi connectivity index (χ0) is 24.2. The summed E-state index contributed by atoms with van der Waals surface area (Å²) in [6.45, 7) is 7.14. The molecule has 0 radical (unpaired) electrons. The number of fused-ring (bicyclic) bond motifs is 1. The number of aromatic amines is 1. The number of piperidine rings is 1. The summed E-state index contributed by atoms with van der Waals surface area (Å²) >= 11 is 5.33. The number of para-hydroxylation sites is 1. The van der Waals surface area contributed by atoms with Crippen molar-refractivity contribution in [1.82, 2.24) is 24.7 Å². The molecule has 2 N–H and O–H groups in total. The van der Waals surface area contributed by atoms with Crippen molar-refractivity contribution in [2.75, 3.05) is 40.3 Å². The third-order valence-electron chi connectivity index (χ3n) is 6.14. The normalized spacial score (nSPS) is 15.2. The summed E-state index contributed by atoms with van der Waals surface area (Å²) < 4.78 is 1.77. The van der Waals surface area contributed by atoms with Gasteiger partial charge in [0.2, 0.25) is 11.8 Å². The molecule has 3 rings (SSSR count). The minimum absolute atomic E-state index is 0.00232. The van der Waals surface area contributed by atoms with Crippen molar-refractivity contribution < 1.29 is 9.59 Å². The third-order valence-corrected chi connectivity index (χ3v) is 6.46. The summed E-state index contributed by atoms with van der Waals surface area (Å²) in [7, 11) is 4.06. The highest BCUT2D eigenvalue weighted by molar-refractivity contribution is 7.71. The van der Waals surface area contributed by atoms with Gasteiger partial charge in [0, 0.05) is 45.1 Å². The lowest BCUT2D eigenvalue weighted by Gasteiger charge is -2.33. The van der Waals surface area contributed by atoms with Gasteiger partial charge in [0.25, 0.3) is 5.56 Å². The van der Waals surface area contributed by atoms with Gasteiger partial charge in [-0.2, -0.15) is 0 Å². The quantitative estimate of drug-likeness (QED) is 0.575. The Morgan fingerprint density at radius 3 is 2.55 bits per heavy atom. The lowest BCUT2D eigenvalue weighted by atomic mass is 9.91. The molecule has 0 atom stereocenters. The van der Waals surface area contributed by atoms with Crippen molar-refractivity contribution in [2.45, 2.75) is 39.7 Å². The maximum absolute atomic E-state index is 12.8. The molecule has 1 aromatic heterocycles. The Kier molecular flexibility index (Phi) is 8.07. The van der Waals surface area contributed by atoms with Crippen molar-refractivity contribution >= 4 is 34.9 Å². The third kappa shape index (κ3) is 6.51. The minimum atomic E-state index is -0.185. The number of H-pyrrole nitrogens is 1. The second kappa shape index (κ2) is 10.6. The molecule has 0 saturated carbocycles. The number of carbonyl (C=O) groups is 2. The number of hydrogen-bond acceptors (Lipinski definition) is 5. The Labute approximate surface area is 200 Å². The van der Waals surface area contributed by atoms with Crippen LogP contribution in [-0.2, 0) is 16.1 Å². The van der Waals surface area contributed by atoms with E-state index in [-0.39, 0.29) is 41.7 Å². The summed E-state index contributed by atoms with van der Waals surface area (Å²) in [5.41, 5.74) is 0.507. The number of aromatic nitrogens is 2. The van der Waals surface area contributed by atoms with Crippen LogP contribution in [-0.4, -0.2) is 71.4 Å². The Bertz CT molecular complexity index is 1110. The Morgan fingerprint density at radius 1 is 1.21 bits per heavy atom. The molecule has 2 aromatic rings. The second-order valence-corrected chi connectivity index (χ2v) is 10.3. The van der Waals surface area contributed by atoms with E-state index in [1.165, 1.54) is 4.57 Å². The highest BCUT2D eigenvalue weighted by Crippen LogP contribution is 2.20. The Morgan fingerprint density at radius 2 is 1.88 bits per heavy atom. The number of benzene rings is 1. The van der Waals surface area contributed by atoms with Gasteiger partial charge < -0.3 is 20.1 Å². The topological polar surface area (TPSA) is 90.4 Å². The summed E-state index contributed by atoms with van der Waals surface area (Å²) in [5.74, 6) is -0.0143. The SMILES string of the molecule is CN(C)CC(C)(C)CNC(=O)C1CCN(C(=O)CCn2c(=S)[nH]c3ccccc3c2=O)CC1. The molecule has 2 heterocycles. The maximum Gasteiger partial charge on any atom is 0.262 e. The van der Waals surface area contributed by atoms with Crippen LogP contribution in [0.2, 0.25) is 0 Å². The molecule has 1 aromatic carbocycles. The molecule has 33 heavy (non-hydrogen) atoms. The van der Waals surface area contributed by atoms with Gasteiger partial charge in [-0.15, -0.1) is 0 Å². The van der Waals surface area contributed by atoms with Crippen molar-refractivity contribution in [3.05, 3.63) is 39.4 Å².